The number of guanidine groups is 1. The molecule has 0 amide bonds. The Balaban J connectivity index is 0.00000312. The molecule has 1 aliphatic heterocycles. The van der Waals surface area contributed by atoms with Crippen LogP contribution in [-0.4, -0.2) is 54.8 Å². The molecule has 0 unspecified atom stereocenters. The van der Waals surface area contributed by atoms with Gasteiger partial charge in [0, 0.05) is 26.2 Å². The van der Waals surface area contributed by atoms with Crippen LogP contribution in [0.2, 0.25) is 0 Å². The molecular weight excluding hydrogens is 431 g/mol. The third-order valence-corrected chi connectivity index (χ3v) is 3.89. The molecule has 1 aliphatic rings. The summed E-state index contributed by atoms with van der Waals surface area (Å²) >= 11 is 0. The van der Waals surface area contributed by atoms with Crippen LogP contribution in [-0.2, 0) is 11.3 Å². The van der Waals surface area contributed by atoms with E-state index in [4.69, 9.17) is 9.47 Å². The predicted molar refractivity (Wildman–Crippen MR) is 112 cm³/mol. The molecule has 2 heterocycles. The van der Waals surface area contributed by atoms with E-state index in [9.17, 15) is 0 Å². The molecule has 0 aliphatic carbocycles. The van der Waals surface area contributed by atoms with Gasteiger partial charge < -0.3 is 19.7 Å². The summed E-state index contributed by atoms with van der Waals surface area (Å²) in [5.41, 5.74) is 0.853. The van der Waals surface area contributed by atoms with Crippen LogP contribution >= 0.6 is 24.0 Å². The molecule has 1 N–H and O–H groups in total. The minimum atomic E-state index is -0.0786. The van der Waals surface area contributed by atoms with Crippen molar-refractivity contribution in [1.82, 2.24) is 15.2 Å². The van der Waals surface area contributed by atoms with Crippen LogP contribution in [0.4, 0.5) is 0 Å². The first-order valence-electron chi connectivity index (χ1n) is 8.54. The topological polar surface area (TPSA) is 59.0 Å². The summed E-state index contributed by atoms with van der Waals surface area (Å²) in [6, 6.07) is 5.77. The van der Waals surface area contributed by atoms with Gasteiger partial charge in [0.05, 0.1) is 31.1 Å². The Morgan fingerprint density at radius 3 is 2.56 bits per heavy atom. The van der Waals surface area contributed by atoms with Crippen molar-refractivity contribution in [3.05, 3.63) is 23.9 Å². The van der Waals surface area contributed by atoms with Gasteiger partial charge in [-0.2, -0.15) is 0 Å². The van der Waals surface area contributed by atoms with Crippen LogP contribution < -0.4 is 10.1 Å². The number of hydrogen-bond donors (Lipinski definition) is 1. The second-order valence-corrected chi connectivity index (χ2v) is 6.99. The lowest BCUT2D eigenvalue weighted by molar-refractivity contribution is -0.0772. The lowest BCUT2D eigenvalue weighted by Gasteiger charge is -2.36. The second kappa shape index (κ2) is 10.2. The molecule has 0 aromatic carbocycles. The molecule has 1 aromatic rings. The molecule has 6 nitrogen and oxygen atoms in total. The van der Waals surface area contributed by atoms with Crippen LogP contribution in [0.3, 0.4) is 0 Å². The van der Waals surface area contributed by atoms with Crippen molar-refractivity contribution in [3.8, 4) is 5.88 Å². The van der Waals surface area contributed by atoms with Gasteiger partial charge >= 0.3 is 0 Å². The van der Waals surface area contributed by atoms with Gasteiger partial charge in [-0.25, -0.2) is 4.98 Å². The maximum Gasteiger partial charge on any atom is 0.213 e. The molecule has 2 rings (SSSR count). The third-order valence-electron chi connectivity index (χ3n) is 3.89. The highest BCUT2D eigenvalue weighted by molar-refractivity contribution is 14.0. The summed E-state index contributed by atoms with van der Waals surface area (Å²) in [5, 5.41) is 3.39. The molecule has 7 heteroatoms. The van der Waals surface area contributed by atoms with Crippen LogP contribution in [0.1, 0.15) is 39.3 Å². The highest BCUT2D eigenvalue weighted by Gasteiger charge is 2.25. The van der Waals surface area contributed by atoms with Gasteiger partial charge in [-0.15, -0.1) is 24.0 Å². The Morgan fingerprint density at radius 1 is 1.32 bits per heavy atom. The summed E-state index contributed by atoms with van der Waals surface area (Å²) in [6.07, 6.45) is 2.38. The molecule has 1 fully saturated rings. The average Bonchev–Trinajstić information content (AvgIpc) is 2.55. The molecule has 0 saturated carbocycles. The first-order chi connectivity index (χ1) is 11.4. The number of piperidine rings is 1. The monoisotopic (exact) mass is 462 g/mol. The zero-order chi connectivity index (χ0) is 17.6. The van der Waals surface area contributed by atoms with Gasteiger partial charge in [-0.05, 0) is 39.7 Å². The Labute approximate surface area is 168 Å². The summed E-state index contributed by atoms with van der Waals surface area (Å²) in [4.78, 5) is 11.1. The number of halogens is 1. The molecule has 0 spiro atoms. The molecule has 142 valence electrons. The standard InChI is InChI=1S/C18H30N4O2.HI/c1-18(2,3)24-15-9-11-22(12-10-15)17(19-4)20-13-14-7-6-8-16(21-14)23-5;/h6-8,15H,9-13H2,1-5H3,(H,19,20);1H. The molecule has 0 bridgehead atoms. The smallest absolute Gasteiger partial charge is 0.213 e. The normalized spacial score (nSPS) is 16.4. The number of rotatable bonds is 4. The Morgan fingerprint density at radius 2 is 2.00 bits per heavy atom. The van der Waals surface area contributed by atoms with Crippen molar-refractivity contribution >= 4 is 29.9 Å². The van der Waals surface area contributed by atoms with Gasteiger partial charge in [0.25, 0.3) is 0 Å². The van der Waals surface area contributed by atoms with E-state index in [0.717, 1.165) is 37.6 Å². The maximum atomic E-state index is 6.08. The summed E-state index contributed by atoms with van der Waals surface area (Å²) in [7, 11) is 3.45. The number of hydrogen-bond acceptors (Lipinski definition) is 4. The van der Waals surface area contributed by atoms with Crippen LogP contribution in [0.5, 0.6) is 5.88 Å². The van der Waals surface area contributed by atoms with E-state index in [1.807, 2.05) is 25.2 Å². The lowest BCUT2D eigenvalue weighted by atomic mass is 10.1. The molecule has 1 saturated heterocycles. The zero-order valence-corrected chi connectivity index (χ0v) is 18.2. The van der Waals surface area contributed by atoms with Crippen molar-refractivity contribution in [1.29, 1.82) is 0 Å². The minimum absolute atomic E-state index is 0. The van der Waals surface area contributed by atoms with Crippen molar-refractivity contribution in [2.24, 2.45) is 4.99 Å². The number of nitrogens with one attached hydrogen (secondary N) is 1. The number of methoxy groups -OCH3 is 1. The fraction of sp³-hybridized carbons (Fsp3) is 0.667. The summed E-state index contributed by atoms with van der Waals surface area (Å²) in [6.45, 7) is 8.86. The first-order valence-corrected chi connectivity index (χ1v) is 8.54. The van der Waals surface area contributed by atoms with E-state index in [1.165, 1.54) is 0 Å². The maximum absolute atomic E-state index is 6.08. The average molecular weight is 462 g/mol. The molecule has 0 radical (unpaired) electrons. The van der Waals surface area contributed by atoms with Gasteiger partial charge in [-0.3, -0.25) is 4.99 Å². The van der Waals surface area contributed by atoms with Crippen molar-refractivity contribution in [3.63, 3.8) is 0 Å². The van der Waals surface area contributed by atoms with E-state index in [2.05, 4.69) is 41.0 Å². The highest BCUT2D eigenvalue weighted by atomic mass is 127. The van der Waals surface area contributed by atoms with E-state index in [-0.39, 0.29) is 29.6 Å². The number of aliphatic imine (C=N–C) groups is 1. The van der Waals surface area contributed by atoms with E-state index >= 15 is 0 Å². The van der Waals surface area contributed by atoms with Crippen LogP contribution in [0.25, 0.3) is 0 Å². The Kier molecular flexibility index (Phi) is 8.92. The predicted octanol–water partition coefficient (Wildman–Crippen LogP) is 3.06. The molecule has 1 aromatic heterocycles. The number of likely N-dealkylation sites (tertiary alicyclic amines) is 1. The number of pyridine rings is 1. The summed E-state index contributed by atoms with van der Waals surface area (Å²) < 4.78 is 11.2. The van der Waals surface area contributed by atoms with Crippen molar-refractivity contribution in [2.45, 2.75) is 51.9 Å². The quantitative estimate of drug-likeness (QED) is 0.424. The van der Waals surface area contributed by atoms with Gasteiger partial charge in [-0.1, -0.05) is 6.07 Å². The zero-order valence-electron chi connectivity index (χ0n) is 15.9. The van der Waals surface area contributed by atoms with E-state index in [1.54, 1.807) is 7.11 Å². The number of aromatic nitrogens is 1. The fourth-order valence-electron chi connectivity index (χ4n) is 2.86. The second-order valence-electron chi connectivity index (χ2n) is 6.99. The van der Waals surface area contributed by atoms with Crippen molar-refractivity contribution in [2.75, 3.05) is 27.2 Å². The Bertz CT molecular complexity index is 552. The van der Waals surface area contributed by atoms with Gasteiger partial charge in [0.2, 0.25) is 5.88 Å². The number of ether oxygens (including phenoxy) is 2. The first kappa shape index (κ1) is 22.0. The molecule has 0 atom stereocenters. The summed E-state index contributed by atoms with van der Waals surface area (Å²) in [5.74, 6) is 1.54. The van der Waals surface area contributed by atoms with E-state index in [0.29, 0.717) is 18.5 Å². The lowest BCUT2D eigenvalue weighted by Crippen LogP contribution is -2.47. The SMILES string of the molecule is CN=C(NCc1cccc(OC)n1)N1CCC(OC(C)(C)C)CC1.I. The van der Waals surface area contributed by atoms with Gasteiger partial charge in [0.1, 0.15) is 0 Å². The van der Waals surface area contributed by atoms with Gasteiger partial charge in [0.15, 0.2) is 5.96 Å². The third kappa shape index (κ3) is 7.35. The van der Waals surface area contributed by atoms with E-state index < -0.39 is 0 Å². The number of nitrogens with zero attached hydrogens (tertiary/aromatic N) is 3. The van der Waals surface area contributed by atoms with Crippen molar-refractivity contribution < 1.29 is 9.47 Å². The molecular formula is C18H31IN4O2. The largest absolute Gasteiger partial charge is 0.481 e. The minimum Gasteiger partial charge on any atom is -0.481 e. The molecule has 25 heavy (non-hydrogen) atoms. The van der Waals surface area contributed by atoms with Crippen LogP contribution in [0, 0.1) is 0 Å². The Hall–Kier alpha value is -1.09. The fourth-order valence-corrected chi connectivity index (χ4v) is 2.86. The van der Waals surface area contributed by atoms with Crippen LogP contribution in [0.15, 0.2) is 23.2 Å². The highest BCUT2D eigenvalue weighted by Crippen LogP contribution is 2.20.